The van der Waals surface area contributed by atoms with Crippen LogP contribution in [0, 0.1) is 6.92 Å². The van der Waals surface area contributed by atoms with Gasteiger partial charge in [-0.05, 0) is 24.6 Å². The Morgan fingerprint density at radius 1 is 0.938 bits per heavy atom. The lowest BCUT2D eigenvalue weighted by Crippen LogP contribution is -2.50. The predicted octanol–water partition coefficient (Wildman–Crippen LogP) is 4.03. The van der Waals surface area contributed by atoms with Crippen molar-refractivity contribution in [3.8, 4) is 11.5 Å². The van der Waals surface area contributed by atoms with Gasteiger partial charge in [0, 0.05) is 11.1 Å². The fourth-order valence-corrected chi connectivity index (χ4v) is 5.62. The summed E-state index contributed by atoms with van der Waals surface area (Å²) in [5.41, 5.74) is 2.14. The van der Waals surface area contributed by atoms with Crippen molar-refractivity contribution in [3.05, 3.63) is 23.8 Å². The molecule has 1 aromatic rings. The molecule has 0 amide bonds. The first-order chi connectivity index (χ1) is 7.45. The van der Waals surface area contributed by atoms with E-state index < -0.39 is 8.56 Å². The Kier molecular flexibility index (Phi) is 2.74. The summed E-state index contributed by atoms with van der Waals surface area (Å²) in [6.45, 7) is 10.9. The average Bonchev–Trinajstić information content (AvgIpc) is 2.57. The zero-order chi connectivity index (χ0) is 11.9. The highest BCUT2D eigenvalue weighted by Gasteiger charge is 2.53. The molecule has 3 heteroatoms. The molecule has 2 rings (SSSR count). The van der Waals surface area contributed by atoms with E-state index in [1.165, 1.54) is 5.56 Å². The Morgan fingerprint density at radius 3 is 2.06 bits per heavy atom. The number of benzene rings is 1. The Morgan fingerprint density at radius 2 is 1.50 bits per heavy atom. The van der Waals surface area contributed by atoms with Gasteiger partial charge in [-0.1, -0.05) is 33.8 Å². The van der Waals surface area contributed by atoms with Crippen LogP contribution in [0.4, 0.5) is 0 Å². The highest BCUT2D eigenvalue weighted by atomic mass is 28.4. The molecule has 0 radical (unpaired) electrons. The van der Waals surface area contributed by atoms with Crippen molar-refractivity contribution >= 4 is 8.56 Å². The number of rotatable bonds is 2. The van der Waals surface area contributed by atoms with Gasteiger partial charge in [0.2, 0.25) is 0 Å². The monoisotopic (exact) mass is 236 g/mol. The average molecular weight is 236 g/mol. The third-order valence-corrected chi connectivity index (χ3v) is 7.54. The Balaban J connectivity index is 2.39. The summed E-state index contributed by atoms with van der Waals surface area (Å²) in [6.07, 6.45) is 0. The summed E-state index contributed by atoms with van der Waals surface area (Å²) in [4.78, 5) is 0. The molecule has 0 aromatic heterocycles. The van der Waals surface area contributed by atoms with E-state index in [-0.39, 0.29) is 0 Å². The third-order valence-electron chi connectivity index (χ3n) is 3.25. The molecule has 88 valence electrons. The molecular weight excluding hydrogens is 216 g/mol. The number of hydrogen-bond acceptors (Lipinski definition) is 2. The molecule has 0 bridgehead atoms. The molecule has 0 fully saturated rings. The first-order valence-electron chi connectivity index (χ1n) is 5.94. The van der Waals surface area contributed by atoms with Crippen molar-refractivity contribution in [1.29, 1.82) is 0 Å². The minimum absolute atomic E-state index is 0.459. The van der Waals surface area contributed by atoms with E-state index in [9.17, 15) is 0 Å². The smallest absolute Gasteiger partial charge is 0.465 e. The molecule has 0 unspecified atom stereocenters. The molecule has 0 saturated heterocycles. The van der Waals surface area contributed by atoms with Gasteiger partial charge in [-0.3, -0.25) is 0 Å². The quantitative estimate of drug-likeness (QED) is 0.722. The molecule has 2 nitrogen and oxygen atoms in total. The summed E-state index contributed by atoms with van der Waals surface area (Å²) >= 11 is 0. The van der Waals surface area contributed by atoms with Crippen molar-refractivity contribution in [2.75, 3.05) is 0 Å². The molecule has 1 aliphatic rings. The maximum atomic E-state index is 6.21. The summed E-state index contributed by atoms with van der Waals surface area (Å²) in [6, 6.07) is 6.19. The van der Waals surface area contributed by atoms with Crippen molar-refractivity contribution in [3.63, 3.8) is 0 Å². The predicted molar refractivity (Wildman–Crippen MR) is 68.4 cm³/mol. The Hall–Kier alpha value is -0.963. The second kappa shape index (κ2) is 3.81. The van der Waals surface area contributed by atoms with Gasteiger partial charge in [-0.2, -0.15) is 0 Å². The highest BCUT2D eigenvalue weighted by molar-refractivity contribution is 6.72. The van der Waals surface area contributed by atoms with Crippen LogP contribution in [0.15, 0.2) is 18.2 Å². The first-order valence-corrected chi connectivity index (χ1v) is 7.91. The molecule has 1 aromatic carbocycles. The van der Waals surface area contributed by atoms with E-state index >= 15 is 0 Å². The van der Waals surface area contributed by atoms with Crippen molar-refractivity contribution < 1.29 is 8.85 Å². The number of fused-ring (bicyclic) bond motifs is 1. The summed E-state index contributed by atoms with van der Waals surface area (Å²) in [5.74, 6) is 1.87. The Labute approximate surface area is 98.8 Å². The largest absolute Gasteiger partial charge is 0.508 e. The van der Waals surface area contributed by atoms with Gasteiger partial charge in [0.05, 0.1) is 0 Å². The topological polar surface area (TPSA) is 18.5 Å². The molecule has 0 aliphatic carbocycles. The van der Waals surface area contributed by atoms with Crippen LogP contribution in [-0.2, 0) is 0 Å². The van der Waals surface area contributed by atoms with E-state index in [2.05, 4.69) is 46.8 Å². The van der Waals surface area contributed by atoms with Gasteiger partial charge in [0.1, 0.15) is 11.5 Å². The van der Waals surface area contributed by atoms with E-state index in [1.54, 1.807) is 0 Å². The van der Waals surface area contributed by atoms with Gasteiger partial charge >= 0.3 is 8.56 Å². The van der Waals surface area contributed by atoms with E-state index in [1.807, 2.05) is 6.07 Å². The molecule has 0 spiro atoms. The molecular formula is C13H20O2Si. The van der Waals surface area contributed by atoms with Crippen LogP contribution < -0.4 is 8.85 Å². The third kappa shape index (κ3) is 1.63. The van der Waals surface area contributed by atoms with Crippen molar-refractivity contribution in [2.24, 2.45) is 0 Å². The first kappa shape index (κ1) is 11.5. The number of hydrogen-bond donors (Lipinski definition) is 0. The molecule has 16 heavy (non-hydrogen) atoms. The van der Waals surface area contributed by atoms with Crippen LogP contribution in [0.3, 0.4) is 0 Å². The minimum atomic E-state index is -2.11. The summed E-state index contributed by atoms with van der Waals surface area (Å²) in [5, 5.41) is 0. The van der Waals surface area contributed by atoms with E-state index in [4.69, 9.17) is 8.85 Å². The molecule has 0 atom stereocenters. The second-order valence-electron chi connectivity index (χ2n) is 5.19. The van der Waals surface area contributed by atoms with Crippen LogP contribution in [0.1, 0.15) is 33.3 Å². The van der Waals surface area contributed by atoms with Crippen LogP contribution in [0.25, 0.3) is 0 Å². The summed E-state index contributed by atoms with van der Waals surface area (Å²) < 4.78 is 12.4. The molecule has 1 aliphatic heterocycles. The standard InChI is InChI=1S/C13H20O2Si/c1-9(2)16(10(3)4)14-12-7-6-11(5)8-13(12)15-16/h6-10H,1-5H3. The van der Waals surface area contributed by atoms with Gasteiger partial charge in [-0.15, -0.1) is 0 Å². The van der Waals surface area contributed by atoms with Crippen LogP contribution >= 0.6 is 0 Å². The maximum Gasteiger partial charge on any atom is 0.465 e. The minimum Gasteiger partial charge on any atom is -0.508 e. The van der Waals surface area contributed by atoms with Crippen LogP contribution in [-0.4, -0.2) is 8.56 Å². The zero-order valence-corrected chi connectivity index (χ0v) is 11.7. The van der Waals surface area contributed by atoms with E-state index in [0.717, 1.165) is 11.5 Å². The number of aryl methyl sites for hydroxylation is 1. The van der Waals surface area contributed by atoms with Gasteiger partial charge in [0.15, 0.2) is 0 Å². The Bertz CT molecular complexity index is 391. The van der Waals surface area contributed by atoms with Gasteiger partial charge < -0.3 is 8.85 Å². The lowest BCUT2D eigenvalue weighted by molar-refractivity contribution is 0.412. The SMILES string of the molecule is Cc1ccc2c(c1)O[Si](C(C)C)(C(C)C)O2. The molecule has 0 saturated carbocycles. The van der Waals surface area contributed by atoms with Crippen LogP contribution in [0.2, 0.25) is 11.1 Å². The summed E-state index contributed by atoms with van der Waals surface area (Å²) in [7, 11) is -2.11. The maximum absolute atomic E-state index is 6.21. The van der Waals surface area contributed by atoms with Gasteiger partial charge in [-0.25, -0.2) is 0 Å². The van der Waals surface area contributed by atoms with Crippen LogP contribution in [0.5, 0.6) is 11.5 Å². The van der Waals surface area contributed by atoms with E-state index in [0.29, 0.717) is 11.1 Å². The highest BCUT2D eigenvalue weighted by Crippen LogP contribution is 2.46. The lowest BCUT2D eigenvalue weighted by Gasteiger charge is -2.30. The normalized spacial score (nSPS) is 17.2. The molecule has 1 heterocycles. The molecule has 0 N–H and O–H groups in total. The van der Waals surface area contributed by atoms with Crippen molar-refractivity contribution in [2.45, 2.75) is 45.7 Å². The zero-order valence-electron chi connectivity index (χ0n) is 10.7. The fourth-order valence-electron chi connectivity index (χ4n) is 2.28. The van der Waals surface area contributed by atoms with Crippen molar-refractivity contribution in [1.82, 2.24) is 0 Å². The lowest BCUT2D eigenvalue weighted by atomic mass is 10.2. The fraction of sp³-hybridized carbons (Fsp3) is 0.538. The second-order valence-corrected chi connectivity index (χ2v) is 9.35. The van der Waals surface area contributed by atoms with Gasteiger partial charge in [0.25, 0.3) is 0 Å².